The summed E-state index contributed by atoms with van der Waals surface area (Å²) in [5, 5.41) is 4.53. The SMILES string of the molecule is O=c1cc2c(nn1CC1CCN(c3ccc(C(F)(F)F)cn3)CC1)CCC2. The van der Waals surface area contributed by atoms with Gasteiger partial charge in [0, 0.05) is 31.9 Å². The molecule has 27 heavy (non-hydrogen) atoms. The molecule has 0 aromatic carbocycles. The molecule has 1 saturated heterocycles. The van der Waals surface area contributed by atoms with Gasteiger partial charge in [-0.1, -0.05) is 0 Å². The van der Waals surface area contributed by atoms with Crippen LogP contribution in [0.4, 0.5) is 19.0 Å². The monoisotopic (exact) mass is 378 g/mol. The van der Waals surface area contributed by atoms with Crippen LogP contribution >= 0.6 is 0 Å². The van der Waals surface area contributed by atoms with E-state index in [0.717, 1.165) is 55.6 Å². The van der Waals surface area contributed by atoms with Crippen molar-refractivity contribution in [1.29, 1.82) is 0 Å². The van der Waals surface area contributed by atoms with E-state index in [-0.39, 0.29) is 5.56 Å². The second-order valence-corrected chi connectivity index (χ2v) is 7.32. The molecule has 4 rings (SSSR count). The number of anilines is 1. The topological polar surface area (TPSA) is 51.0 Å². The number of piperidine rings is 1. The third-order valence-electron chi connectivity index (χ3n) is 5.47. The number of pyridine rings is 1. The molecule has 0 bridgehead atoms. The summed E-state index contributed by atoms with van der Waals surface area (Å²) in [5.41, 5.74) is 1.35. The minimum absolute atomic E-state index is 0.0394. The van der Waals surface area contributed by atoms with E-state index in [1.54, 1.807) is 10.7 Å². The summed E-state index contributed by atoms with van der Waals surface area (Å²) in [6, 6.07) is 4.22. The van der Waals surface area contributed by atoms with Gasteiger partial charge in [0.25, 0.3) is 5.56 Å². The van der Waals surface area contributed by atoms with Crippen molar-refractivity contribution < 1.29 is 13.2 Å². The van der Waals surface area contributed by atoms with E-state index < -0.39 is 11.7 Å². The van der Waals surface area contributed by atoms with E-state index in [9.17, 15) is 18.0 Å². The lowest BCUT2D eigenvalue weighted by molar-refractivity contribution is -0.137. The van der Waals surface area contributed by atoms with Crippen LogP contribution in [0.5, 0.6) is 0 Å². The molecule has 0 saturated carbocycles. The van der Waals surface area contributed by atoms with Crippen LogP contribution in [-0.2, 0) is 25.6 Å². The number of aryl methyl sites for hydroxylation is 2. The van der Waals surface area contributed by atoms with Crippen molar-refractivity contribution in [2.75, 3.05) is 18.0 Å². The van der Waals surface area contributed by atoms with Crippen molar-refractivity contribution in [2.24, 2.45) is 5.92 Å². The molecule has 1 aliphatic heterocycles. The van der Waals surface area contributed by atoms with Gasteiger partial charge in [-0.3, -0.25) is 4.79 Å². The van der Waals surface area contributed by atoms with Crippen LogP contribution in [0.1, 0.15) is 36.1 Å². The summed E-state index contributed by atoms with van der Waals surface area (Å²) >= 11 is 0. The van der Waals surface area contributed by atoms with Crippen molar-refractivity contribution >= 4 is 5.82 Å². The normalized spacial score (nSPS) is 18.0. The molecule has 0 unspecified atom stereocenters. The van der Waals surface area contributed by atoms with Crippen molar-refractivity contribution in [2.45, 2.75) is 44.8 Å². The molecule has 0 atom stereocenters. The molecule has 0 N–H and O–H groups in total. The second-order valence-electron chi connectivity index (χ2n) is 7.32. The molecule has 2 aromatic rings. The highest BCUT2D eigenvalue weighted by atomic mass is 19.4. The Balaban J connectivity index is 1.37. The Morgan fingerprint density at radius 2 is 1.93 bits per heavy atom. The maximum atomic E-state index is 12.6. The second kappa shape index (κ2) is 6.98. The average Bonchev–Trinajstić information content (AvgIpc) is 3.09. The van der Waals surface area contributed by atoms with Crippen molar-refractivity contribution in [3.63, 3.8) is 0 Å². The van der Waals surface area contributed by atoms with Crippen molar-refractivity contribution in [1.82, 2.24) is 14.8 Å². The number of fused-ring (bicyclic) bond motifs is 1. The van der Waals surface area contributed by atoms with Gasteiger partial charge in [-0.05, 0) is 55.7 Å². The van der Waals surface area contributed by atoms with Gasteiger partial charge < -0.3 is 4.90 Å². The van der Waals surface area contributed by atoms with Gasteiger partial charge >= 0.3 is 6.18 Å². The molecular formula is C19H21F3N4O. The number of rotatable bonds is 3. The highest BCUT2D eigenvalue weighted by Gasteiger charge is 2.31. The smallest absolute Gasteiger partial charge is 0.357 e. The first-order chi connectivity index (χ1) is 12.9. The van der Waals surface area contributed by atoms with Gasteiger partial charge in [0.15, 0.2) is 0 Å². The van der Waals surface area contributed by atoms with Gasteiger partial charge in [-0.25, -0.2) is 9.67 Å². The molecule has 144 valence electrons. The van der Waals surface area contributed by atoms with Gasteiger partial charge in [0.2, 0.25) is 0 Å². The van der Waals surface area contributed by atoms with E-state index in [0.29, 0.717) is 31.4 Å². The molecule has 1 fully saturated rings. The molecule has 3 heterocycles. The number of nitrogens with zero attached hydrogens (tertiary/aromatic N) is 4. The standard InChI is InChI=1S/C19H21F3N4O/c20-19(21,22)15-4-5-17(23-11-15)25-8-6-13(7-9-25)12-26-18(27)10-14-2-1-3-16(14)24-26/h4-5,10-11,13H,1-3,6-9,12H2. The lowest BCUT2D eigenvalue weighted by Gasteiger charge is -2.33. The first kappa shape index (κ1) is 18.0. The maximum absolute atomic E-state index is 12.6. The molecule has 5 nitrogen and oxygen atoms in total. The number of aromatic nitrogens is 3. The molecule has 0 radical (unpaired) electrons. The Morgan fingerprint density at radius 1 is 1.15 bits per heavy atom. The van der Waals surface area contributed by atoms with Crippen LogP contribution in [-0.4, -0.2) is 27.9 Å². The van der Waals surface area contributed by atoms with E-state index in [2.05, 4.69) is 10.1 Å². The lowest BCUT2D eigenvalue weighted by Crippen LogP contribution is -2.37. The first-order valence-corrected chi connectivity index (χ1v) is 9.28. The minimum Gasteiger partial charge on any atom is -0.357 e. The average molecular weight is 378 g/mol. The Labute approximate surface area is 154 Å². The van der Waals surface area contributed by atoms with Gasteiger partial charge in [0.1, 0.15) is 5.82 Å². The summed E-state index contributed by atoms with van der Waals surface area (Å²) < 4.78 is 39.5. The number of alkyl halides is 3. The van der Waals surface area contributed by atoms with Crippen molar-refractivity contribution in [3.05, 3.63) is 51.6 Å². The summed E-state index contributed by atoms with van der Waals surface area (Å²) in [7, 11) is 0. The fourth-order valence-corrected chi connectivity index (χ4v) is 3.90. The summed E-state index contributed by atoms with van der Waals surface area (Å²) in [5.74, 6) is 0.898. The van der Waals surface area contributed by atoms with E-state index in [1.807, 2.05) is 4.90 Å². The fourth-order valence-electron chi connectivity index (χ4n) is 3.90. The van der Waals surface area contributed by atoms with Gasteiger partial charge in [0.05, 0.1) is 11.3 Å². The molecule has 1 aliphatic carbocycles. The van der Waals surface area contributed by atoms with Crippen LogP contribution in [0.25, 0.3) is 0 Å². The van der Waals surface area contributed by atoms with Gasteiger partial charge in [-0.15, -0.1) is 0 Å². The van der Waals surface area contributed by atoms with Crippen LogP contribution < -0.4 is 10.5 Å². The van der Waals surface area contributed by atoms with E-state index >= 15 is 0 Å². The zero-order chi connectivity index (χ0) is 19.0. The Hall–Kier alpha value is -2.38. The Bertz CT molecular complexity index is 868. The lowest BCUT2D eigenvalue weighted by atomic mass is 9.97. The zero-order valence-corrected chi connectivity index (χ0v) is 14.9. The highest BCUT2D eigenvalue weighted by Crippen LogP contribution is 2.30. The maximum Gasteiger partial charge on any atom is 0.417 e. The summed E-state index contributed by atoms with van der Waals surface area (Å²) in [6.45, 7) is 2.02. The van der Waals surface area contributed by atoms with Gasteiger partial charge in [-0.2, -0.15) is 18.3 Å². The molecule has 2 aliphatic rings. The predicted molar refractivity (Wildman–Crippen MR) is 94.7 cm³/mol. The third-order valence-corrected chi connectivity index (χ3v) is 5.47. The van der Waals surface area contributed by atoms with Crippen LogP contribution in [0.3, 0.4) is 0 Å². The quantitative estimate of drug-likeness (QED) is 0.824. The first-order valence-electron chi connectivity index (χ1n) is 9.28. The third kappa shape index (κ3) is 3.84. The molecule has 8 heteroatoms. The zero-order valence-electron chi connectivity index (χ0n) is 14.9. The largest absolute Gasteiger partial charge is 0.417 e. The summed E-state index contributed by atoms with van der Waals surface area (Å²) in [6.07, 6.45) is 1.17. The van der Waals surface area contributed by atoms with Crippen molar-refractivity contribution in [3.8, 4) is 0 Å². The van der Waals surface area contributed by atoms with Crippen LogP contribution in [0, 0.1) is 5.92 Å². The Kier molecular flexibility index (Phi) is 4.65. The summed E-state index contributed by atoms with van der Waals surface area (Å²) in [4.78, 5) is 18.2. The highest BCUT2D eigenvalue weighted by molar-refractivity contribution is 5.40. The van der Waals surface area contributed by atoms with Crippen LogP contribution in [0.2, 0.25) is 0 Å². The molecular weight excluding hydrogens is 357 g/mol. The number of hydrogen-bond acceptors (Lipinski definition) is 4. The minimum atomic E-state index is -4.37. The van der Waals surface area contributed by atoms with Crippen LogP contribution in [0.15, 0.2) is 29.2 Å². The molecule has 0 spiro atoms. The predicted octanol–water partition coefficient (Wildman–Crippen LogP) is 3.06. The number of hydrogen-bond donors (Lipinski definition) is 0. The molecule has 2 aromatic heterocycles. The van der Waals surface area contributed by atoms with E-state index in [1.165, 1.54) is 6.07 Å². The van der Waals surface area contributed by atoms with E-state index in [4.69, 9.17) is 0 Å². The molecule has 0 amide bonds. The Morgan fingerprint density at radius 3 is 2.59 bits per heavy atom. The fraction of sp³-hybridized carbons (Fsp3) is 0.526. The number of halogens is 3.